The van der Waals surface area contributed by atoms with E-state index < -0.39 is 22.6 Å². The average molecular weight is 365 g/mol. The van der Waals surface area contributed by atoms with Crippen LogP contribution in [0.5, 0.6) is 0 Å². The summed E-state index contributed by atoms with van der Waals surface area (Å²) in [5.41, 5.74) is -0.411. The van der Waals surface area contributed by atoms with Gasteiger partial charge in [-0.25, -0.2) is 0 Å². The Morgan fingerprint density at radius 3 is 2.58 bits per heavy atom. The van der Waals surface area contributed by atoms with Crippen LogP contribution in [0.25, 0.3) is 0 Å². The summed E-state index contributed by atoms with van der Waals surface area (Å²) >= 11 is 0. The van der Waals surface area contributed by atoms with Gasteiger partial charge in [0.05, 0.1) is 10.5 Å². The maximum absolute atomic E-state index is 13.2. The molecule has 1 N–H and O–H groups in total. The molecule has 2 aromatic carbocycles. The Morgan fingerprint density at radius 1 is 1.23 bits per heavy atom. The molecule has 0 aromatic heterocycles. The summed E-state index contributed by atoms with van der Waals surface area (Å²) in [5.74, 6) is -0.485. The smallest absolute Gasteiger partial charge is 0.355 e. The fraction of sp³-hybridized carbons (Fsp3) is 0.235. The van der Waals surface area contributed by atoms with E-state index in [0.717, 1.165) is 12.1 Å². The maximum atomic E-state index is 13.2. The number of rotatable bonds is 3. The molecular formula is C17H14F3N3O3. The van der Waals surface area contributed by atoms with Gasteiger partial charge in [-0.05, 0) is 36.2 Å². The molecule has 1 aliphatic heterocycles. The van der Waals surface area contributed by atoms with Crippen LogP contribution in [-0.2, 0) is 12.6 Å². The van der Waals surface area contributed by atoms with Gasteiger partial charge in [0, 0.05) is 30.9 Å². The topological polar surface area (TPSA) is 75.5 Å². The third kappa shape index (κ3) is 2.96. The van der Waals surface area contributed by atoms with Crippen LogP contribution in [0.15, 0.2) is 36.4 Å². The van der Waals surface area contributed by atoms with Gasteiger partial charge < -0.3 is 10.2 Å². The van der Waals surface area contributed by atoms with Crippen LogP contribution in [0, 0.1) is 10.1 Å². The highest BCUT2D eigenvalue weighted by Gasteiger charge is 2.37. The van der Waals surface area contributed by atoms with Gasteiger partial charge in [-0.15, -0.1) is 0 Å². The number of anilines is 2. The van der Waals surface area contributed by atoms with Crippen molar-refractivity contribution >= 4 is 23.0 Å². The van der Waals surface area contributed by atoms with Crippen LogP contribution < -0.4 is 10.2 Å². The van der Waals surface area contributed by atoms with Gasteiger partial charge in [0.15, 0.2) is 0 Å². The molecule has 0 aliphatic carbocycles. The molecule has 0 unspecified atom stereocenters. The molecule has 9 heteroatoms. The Kier molecular flexibility index (Phi) is 4.31. The molecule has 26 heavy (non-hydrogen) atoms. The van der Waals surface area contributed by atoms with Crippen LogP contribution in [0.3, 0.4) is 0 Å². The van der Waals surface area contributed by atoms with E-state index in [-0.39, 0.29) is 41.2 Å². The molecule has 0 bridgehead atoms. The molecule has 1 heterocycles. The zero-order valence-corrected chi connectivity index (χ0v) is 13.6. The Hall–Kier alpha value is -3.10. The van der Waals surface area contributed by atoms with Gasteiger partial charge in [0.25, 0.3) is 11.6 Å². The number of amides is 1. The highest BCUT2D eigenvalue weighted by molar-refractivity contribution is 5.96. The SMILES string of the molecule is CNC(=O)c1ccc(N2CCc3c2cccc3C(F)(F)F)c([N+](=O)[O-])c1. The summed E-state index contributed by atoms with van der Waals surface area (Å²) in [7, 11) is 1.40. The predicted molar refractivity (Wildman–Crippen MR) is 88.6 cm³/mol. The zero-order valence-electron chi connectivity index (χ0n) is 13.6. The monoisotopic (exact) mass is 365 g/mol. The molecule has 1 amide bonds. The van der Waals surface area contributed by atoms with E-state index in [0.29, 0.717) is 0 Å². The van der Waals surface area contributed by atoms with E-state index >= 15 is 0 Å². The molecule has 0 saturated heterocycles. The van der Waals surface area contributed by atoms with Gasteiger partial charge in [-0.3, -0.25) is 14.9 Å². The number of nitrogens with zero attached hydrogens (tertiary/aromatic N) is 2. The summed E-state index contributed by atoms with van der Waals surface area (Å²) in [6.45, 7) is 0.183. The fourth-order valence-electron chi connectivity index (χ4n) is 3.13. The number of nitro benzene ring substituents is 1. The van der Waals surface area contributed by atoms with Crippen molar-refractivity contribution in [2.75, 3.05) is 18.5 Å². The zero-order chi connectivity index (χ0) is 19.1. The van der Waals surface area contributed by atoms with Gasteiger partial charge in [0.2, 0.25) is 0 Å². The van der Waals surface area contributed by atoms with Crippen molar-refractivity contribution in [2.24, 2.45) is 0 Å². The van der Waals surface area contributed by atoms with Gasteiger partial charge in [0.1, 0.15) is 5.69 Å². The summed E-state index contributed by atoms with van der Waals surface area (Å²) < 4.78 is 39.6. The average Bonchev–Trinajstić information content (AvgIpc) is 3.03. The number of nitro groups is 1. The second kappa shape index (κ2) is 6.32. The minimum absolute atomic E-state index is 0.103. The van der Waals surface area contributed by atoms with E-state index in [1.807, 2.05) is 0 Å². The Morgan fingerprint density at radius 2 is 1.96 bits per heavy atom. The van der Waals surface area contributed by atoms with Crippen LogP contribution in [0.1, 0.15) is 21.5 Å². The molecule has 6 nitrogen and oxygen atoms in total. The van der Waals surface area contributed by atoms with Crippen molar-refractivity contribution in [1.82, 2.24) is 5.32 Å². The first-order chi connectivity index (χ1) is 12.2. The first-order valence-electron chi connectivity index (χ1n) is 7.71. The van der Waals surface area contributed by atoms with E-state index in [2.05, 4.69) is 5.32 Å². The number of alkyl halides is 3. The third-order valence-electron chi connectivity index (χ3n) is 4.29. The highest BCUT2D eigenvalue weighted by atomic mass is 19.4. The first-order valence-corrected chi connectivity index (χ1v) is 7.71. The quantitative estimate of drug-likeness (QED) is 0.665. The number of carbonyl (C=O) groups excluding carboxylic acids is 1. The number of fused-ring (bicyclic) bond motifs is 1. The van der Waals surface area contributed by atoms with Crippen LogP contribution in [-0.4, -0.2) is 24.4 Å². The Balaban J connectivity index is 2.11. The number of hydrogen-bond donors (Lipinski definition) is 1. The molecule has 0 atom stereocenters. The minimum atomic E-state index is -4.49. The summed E-state index contributed by atoms with van der Waals surface area (Å²) in [6, 6.07) is 7.72. The van der Waals surface area contributed by atoms with Gasteiger partial charge >= 0.3 is 6.18 Å². The lowest BCUT2D eigenvalue weighted by atomic mass is 10.0. The summed E-state index contributed by atoms with van der Waals surface area (Å²) in [4.78, 5) is 24.0. The second-order valence-corrected chi connectivity index (χ2v) is 5.74. The van der Waals surface area contributed by atoms with E-state index in [4.69, 9.17) is 0 Å². The van der Waals surface area contributed by atoms with Crippen molar-refractivity contribution in [3.05, 3.63) is 63.2 Å². The van der Waals surface area contributed by atoms with Crippen LogP contribution in [0.2, 0.25) is 0 Å². The summed E-state index contributed by atoms with van der Waals surface area (Å²) in [5, 5.41) is 13.8. The Bertz CT molecular complexity index is 897. The molecule has 136 valence electrons. The van der Waals surface area contributed by atoms with E-state index in [1.54, 1.807) is 0 Å². The molecule has 0 spiro atoms. The lowest BCUT2D eigenvalue weighted by Gasteiger charge is -2.20. The van der Waals surface area contributed by atoms with Crippen molar-refractivity contribution in [1.29, 1.82) is 0 Å². The number of nitrogens with one attached hydrogen (secondary N) is 1. The van der Waals surface area contributed by atoms with Gasteiger partial charge in [-0.1, -0.05) is 6.07 Å². The van der Waals surface area contributed by atoms with E-state index in [1.165, 1.54) is 36.2 Å². The first kappa shape index (κ1) is 17.7. The Labute approximate surface area is 146 Å². The minimum Gasteiger partial charge on any atom is -0.355 e. The lowest BCUT2D eigenvalue weighted by Crippen LogP contribution is -2.19. The van der Waals surface area contributed by atoms with Crippen LogP contribution >= 0.6 is 0 Å². The van der Waals surface area contributed by atoms with Crippen molar-refractivity contribution < 1.29 is 22.9 Å². The molecular weight excluding hydrogens is 351 g/mol. The molecule has 1 aliphatic rings. The number of carbonyl (C=O) groups is 1. The summed E-state index contributed by atoms with van der Waals surface area (Å²) in [6.07, 6.45) is -4.37. The maximum Gasteiger partial charge on any atom is 0.416 e. The number of halogens is 3. The van der Waals surface area contributed by atoms with Crippen molar-refractivity contribution in [3.8, 4) is 0 Å². The third-order valence-corrected chi connectivity index (χ3v) is 4.29. The molecule has 0 saturated carbocycles. The molecule has 3 rings (SSSR count). The second-order valence-electron chi connectivity index (χ2n) is 5.74. The number of benzene rings is 2. The number of hydrogen-bond acceptors (Lipinski definition) is 4. The van der Waals surface area contributed by atoms with Crippen molar-refractivity contribution in [2.45, 2.75) is 12.6 Å². The largest absolute Gasteiger partial charge is 0.416 e. The fourth-order valence-corrected chi connectivity index (χ4v) is 3.13. The van der Waals surface area contributed by atoms with E-state index in [9.17, 15) is 28.1 Å². The molecule has 0 radical (unpaired) electrons. The normalized spacial score (nSPS) is 13.5. The highest BCUT2D eigenvalue weighted by Crippen LogP contribution is 2.44. The standard InChI is InChI=1S/C17H14F3N3O3/c1-21-16(24)10-5-6-14(15(9-10)23(25)26)22-8-7-11-12(17(18,19)20)3-2-4-13(11)22/h2-6,9H,7-8H2,1H3,(H,21,24). The lowest BCUT2D eigenvalue weighted by molar-refractivity contribution is -0.384. The molecule has 2 aromatic rings. The molecule has 0 fully saturated rings. The predicted octanol–water partition coefficient (Wildman–Crippen LogP) is 3.67. The van der Waals surface area contributed by atoms with Crippen molar-refractivity contribution in [3.63, 3.8) is 0 Å². The van der Waals surface area contributed by atoms with Crippen LogP contribution in [0.4, 0.5) is 30.2 Å². The van der Waals surface area contributed by atoms with Gasteiger partial charge in [-0.2, -0.15) is 13.2 Å².